The first-order chi connectivity index (χ1) is 14.8. The van der Waals surface area contributed by atoms with E-state index in [2.05, 4.69) is 10.5 Å². The predicted molar refractivity (Wildman–Crippen MR) is 118 cm³/mol. The van der Waals surface area contributed by atoms with Crippen molar-refractivity contribution in [1.29, 1.82) is 0 Å². The lowest BCUT2D eigenvalue weighted by Gasteiger charge is -2.24. The molecule has 0 bridgehead atoms. The number of aryl methyl sites for hydroxylation is 3. The quantitative estimate of drug-likeness (QED) is 0.570. The van der Waals surface area contributed by atoms with E-state index in [4.69, 9.17) is 9.26 Å². The molecule has 164 valence electrons. The van der Waals surface area contributed by atoms with E-state index >= 15 is 0 Å². The number of hydrogen-bond donors (Lipinski definition) is 1. The van der Waals surface area contributed by atoms with Gasteiger partial charge in [0.15, 0.2) is 10.7 Å². The van der Waals surface area contributed by atoms with Crippen LogP contribution in [-0.2, 0) is 21.2 Å². The maximum Gasteiger partial charge on any atom is 0.270 e. The Labute approximate surface area is 181 Å². The van der Waals surface area contributed by atoms with Gasteiger partial charge in [0.05, 0.1) is 12.8 Å². The summed E-state index contributed by atoms with van der Waals surface area (Å²) in [4.78, 5) is 12.7. The van der Waals surface area contributed by atoms with E-state index in [9.17, 15) is 13.2 Å². The van der Waals surface area contributed by atoms with Crippen LogP contribution in [0, 0.1) is 13.8 Å². The van der Waals surface area contributed by atoms with Crippen molar-refractivity contribution in [1.82, 2.24) is 5.16 Å². The normalized spacial score (nSPS) is 11.2. The van der Waals surface area contributed by atoms with E-state index in [1.54, 1.807) is 43.3 Å². The van der Waals surface area contributed by atoms with Gasteiger partial charge in [-0.25, -0.2) is 8.42 Å². The Morgan fingerprint density at radius 2 is 1.74 bits per heavy atom. The van der Waals surface area contributed by atoms with Gasteiger partial charge in [-0.15, -0.1) is 0 Å². The number of carbonyl (C=O) groups excluding carboxylic acids is 1. The fourth-order valence-corrected chi connectivity index (χ4v) is 4.89. The van der Waals surface area contributed by atoms with E-state index in [0.29, 0.717) is 17.1 Å². The first-order valence-electron chi connectivity index (χ1n) is 9.74. The second kappa shape index (κ2) is 9.22. The largest absolute Gasteiger partial charge is 0.497 e. The number of nitrogens with one attached hydrogen (secondary N) is 1. The zero-order chi connectivity index (χ0) is 22.6. The number of amides is 1. The Balaban J connectivity index is 1.94. The monoisotopic (exact) mass is 443 g/mol. The van der Waals surface area contributed by atoms with E-state index in [1.807, 2.05) is 19.1 Å². The molecule has 0 saturated heterocycles. The summed E-state index contributed by atoms with van der Waals surface area (Å²) in [6, 6.07) is 13.8. The summed E-state index contributed by atoms with van der Waals surface area (Å²) in [6.07, 6.45) is 0.884. The third-order valence-electron chi connectivity index (χ3n) is 4.81. The number of nitrogens with zero attached hydrogens (tertiary/aromatic N) is 2. The number of rotatable bonds is 8. The second-order valence-corrected chi connectivity index (χ2v) is 8.76. The maximum atomic E-state index is 13.5. The molecule has 9 heteroatoms. The molecule has 0 atom stereocenters. The summed E-state index contributed by atoms with van der Waals surface area (Å²) < 4.78 is 38.2. The molecule has 1 amide bonds. The van der Waals surface area contributed by atoms with E-state index < -0.39 is 22.5 Å². The van der Waals surface area contributed by atoms with Crippen LogP contribution in [0.4, 0.5) is 11.4 Å². The fourth-order valence-electron chi connectivity index (χ4n) is 3.17. The Hall–Kier alpha value is -3.33. The molecule has 1 N–H and O–H groups in total. The summed E-state index contributed by atoms with van der Waals surface area (Å²) in [5, 5.41) is 6.50. The highest BCUT2D eigenvalue weighted by Crippen LogP contribution is 2.29. The molecule has 0 spiro atoms. The molecule has 31 heavy (non-hydrogen) atoms. The number of aromatic nitrogens is 1. The van der Waals surface area contributed by atoms with Gasteiger partial charge in [0.1, 0.15) is 18.0 Å². The first-order valence-corrected chi connectivity index (χ1v) is 11.2. The average Bonchev–Trinajstić information content (AvgIpc) is 3.11. The number of anilines is 2. The fraction of sp³-hybridized carbons (Fsp3) is 0.273. The average molecular weight is 444 g/mol. The highest BCUT2D eigenvalue weighted by Gasteiger charge is 2.32. The molecule has 0 radical (unpaired) electrons. The van der Waals surface area contributed by atoms with Crippen molar-refractivity contribution in [3.63, 3.8) is 0 Å². The summed E-state index contributed by atoms with van der Waals surface area (Å²) in [5.41, 5.74) is 2.27. The third-order valence-corrected chi connectivity index (χ3v) is 6.83. The lowest BCUT2D eigenvalue weighted by Crippen LogP contribution is -2.38. The molecule has 0 aliphatic heterocycles. The Morgan fingerprint density at radius 3 is 2.26 bits per heavy atom. The molecule has 0 aliphatic rings. The number of methoxy groups -OCH3 is 1. The van der Waals surface area contributed by atoms with Crippen molar-refractivity contribution in [3.05, 3.63) is 65.5 Å². The van der Waals surface area contributed by atoms with Gasteiger partial charge in [0.25, 0.3) is 10.0 Å². The zero-order valence-corrected chi connectivity index (χ0v) is 18.7. The standard InChI is InChI=1S/C22H25N3O5S/c1-5-17-6-8-18(9-7-17)23-21(26)14-25(19-10-12-20(29-4)13-11-19)31(27,28)22-15(2)24-30-16(22)3/h6-13H,5,14H2,1-4H3,(H,23,26). The highest BCUT2D eigenvalue weighted by atomic mass is 32.2. The lowest BCUT2D eigenvalue weighted by atomic mass is 10.1. The van der Waals surface area contributed by atoms with Gasteiger partial charge in [-0.05, 0) is 62.2 Å². The summed E-state index contributed by atoms with van der Waals surface area (Å²) in [6.45, 7) is 4.69. The van der Waals surface area contributed by atoms with Crippen LogP contribution >= 0.6 is 0 Å². The molecule has 0 aliphatic carbocycles. The molecular formula is C22H25N3O5S. The SMILES string of the molecule is CCc1ccc(NC(=O)CN(c2ccc(OC)cc2)S(=O)(=O)c2c(C)noc2C)cc1. The molecular weight excluding hydrogens is 418 g/mol. The second-order valence-electron chi connectivity index (χ2n) is 6.96. The molecule has 0 fully saturated rings. The number of carbonyl (C=O) groups is 1. The van der Waals surface area contributed by atoms with Crippen molar-refractivity contribution in [2.24, 2.45) is 0 Å². The van der Waals surface area contributed by atoms with E-state index in [-0.39, 0.29) is 16.3 Å². The molecule has 3 rings (SSSR count). The van der Waals surface area contributed by atoms with Crippen LogP contribution in [0.3, 0.4) is 0 Å². The molecule has 1 heterocycles. The third kappa shape index (κ3) is 4.88. The molecule has 0 unspecified atom stereocenters. The smallest absolute Gasteiger partial charge is 0.270 e. The highest BCUT2D eigenvalue weighted by molar-refractivity contribution is 7.93. The van der Waals surface area contributed by atoms with E-state index in [1.165, 1.54) is 14.0 Å². The zero-order valence-electron chi connectivity index (χ0n) is 17.9. The van der Waals surface area contributed by atoms with Crippen molar-refractivity contribution in [2.75, 3.05) is 23.3 Å². The molecule has 1 aromatic heterocycles. The van der Waals surface area contributed by atoms with Crippen LogP contribution in [0.25, 0.3) is 0 Å². The minimum atomic E-state index is -4.11. The van der Waals surface area contributed by atoms with Crippen molar-refractivity contribution < 1.29 is 22.5 Å². The van der Waals surface area contributed by atoms with Crippen LogP contribution in [0.5, 0.6) is 5.75 Å². The molecule has 3 aromatic rings. The van der Waals surface area contributed by atoms with Crippen LogP contribution in [0.2, 0.25) is 0 Å². The van der Waals surface area contributed by atoms with Crippen molar-refractivity contribution in [2.45, 2.75) is 32.1 Å². The van der Waals surface area contributed by atoms with Gasteiger partial charge in [-0.2, -0.15) is 0 Å². The van der Waals surface area contributed by atoms with Crippen molar-refractivity contribution >= 4 is 27.3 Å². The summed E-state index contributed by atoms with van der Waals surface area (Å²) in [7, 11) is -2.60. The lowest BCUT2D eigenvalue weighted by molar-refractivity contribution is -0.114. The summed E-state index contributed by atoms with van der Waals surface area (Å²) >= 11 is 0. The number of benzene rings is 2. The molecule has 8 nitrogen and oxygen atoms in total. The van der Waals surface area contributed by atoms with Crippen LogP contribution in [0.1, 0.15) is 23.9 Å². The van der Waals surface area contributed by atoms with Gasteiger partial charge in [-0.3, -0.25) is 9.10 Å². The van der Waals surface area contributed by atoms with Gasteiger partial charge in [0.2, 0.25) is 5.91 Å². The number of ether oxygens (including phenoxy) is 1. The predicted octanol–water partition coefficient (Wildman–Crippen LogP) is 3.70. The molecule has 2 aromatic carbocycles. The minimum Gasteiger partial charge on any atom is -0.497 e. The first kappa shape index (κ1) is 22.4. The Morgan fingerprint density at radius 1 is 1.10 bits per heavy atom. The van der Waals surface area contributed by atoms with Crippen LogP contribution < -0.4 is 14.4 Å². The van der Waals surface area contributed by atoms with Crippen molar-refractivity contribution in [3.8, 4) is 5.75 Å². The Kier molecular flexibility index (Phi) is 6.65. The maximum absolute atomic E-state index is 13.5. The van der Waals surface area contributed by atoms with Gasteiger partial charge < -0.3 is 14.6 Å². The number of hydrogen-bond acceptors (Lipinski definition) is 6. The molecule has 0 saturated carbocycles. The van der Waals surface area contributed by atoms with Gasteiger partial charge in [0, 0.05) is 5.69 Å². The Bertz CT molecular complexity index is 1130. The number of sulfonamides is 1. The summed E-state index contributed by atoms with van der Waals surface area (Å²) in [5.74, 6) is 0.251. The minimum absolute atomic E-state index is 0.0524. The van der Waals surface area contributed by atoms with Crippen LogP contribution in [-0.4, -0.2) is 33.1 Å². The van der Waals surface area contributed by atoms with Gasteiger partial charge >= 0.3 is 0 Å². The van der Waals surface area contributed by atoms with Gasteiger partial charge in [-0.1, -0.05) is 24.2 Å². The topological polar surface area (TPSA) is 102 Å². The van der Waals surface area contributed by atoms with E-state index in [0.717, 1.165) is 16.3 Å². The van der Waals surface area contributed by atoms with Crippen LogP contribution in [0.15, 0.2) is 57.9 Å².